The lowest BCUT2D eigenvalue weighted by Gasteiger charge is -2.15. The van der Waals surface area contributed by atoms with Crippen molar-refractivity contribution in [3.8, 4) is 5.75 Å². The van der Waals surface area contributed by atoms with Gasteiger partial charge in [-0.15, -0.1) is 0 Å². The van der Waals surface area contributed by atoms with Crippen LogP contribution in [-0.4, -0.2) is 18.6 Å². The molecule has 0 saturated heterocycles. The molecular formula is C12H18N2O. The Morgan fingerprint density at radius 3 is 2.93 bits per heavy atom. The number of hydrogen-bond donors (Lipinski definition) is 1. The first-order valence-electron chi connectivity index (χ1n) is 5.52. The van der Waals surface area contributed by atoms with Crippen LogP contribution in [0.1, 0.15) is 26.2 Å². The van der Waals surface area contributed by atoms with Crippen LogP contribution in [-0.2, 0) is 0 Å². The van der Waals surface area contributed by atoms with Crippen LogP contribution >= 0.6 is 0 Å². The van der Waals surface area contributed by atoms with E-state index in [-0.39, 0.29) is 0 Å². The van der Waals surface area contributed by atoms with Gasteiger partial charge in [0.1, 0.15) is 0 Å². The highest BCUT2D eigenvalue weighted by atomic mass is 16.5. The fourth-order valence-corrected chi connectivity index (χ4v) is 1.79. The molecule has 1 aromatic heterocycles. The second-order valence-corrected chi connectivity index (χ2v) is 4.26. The molecule has 1 aromatic rings. The van der Waals surface area contributed by atoms with E-state index in [1.807, 2.05) is 12.1 Å². The molecule has 0 aliphatic heterocycles. The second-order valence-electron chi connectivity index (χ2n) is 4.26. The van der Waals surface area contributed by atoms with Crippen molar-refractivity contribution in [2.24, 2.45) is 5.41 Å². The molecule has 82 valence electrons. The van der Waals surface area contributed by atoms with Gasteiger partial charge in [0.05, 0.1) is 7.11 Å². The first kappa shape index (κ1) is 10.3. The summed E-state index contributed by atoms with van der Waals surface area (Å²) >= 11 is 0. The summed E-state index contributed by atoms with van der Waals surface area (Å²) in [4.78, 5) is 4.28. The zero-order chi connectivity index (χ0) is 10.7. The minimum absolute atomic E-state index is 0.530. The molecule has 1 fully saturated rings. The number of nitrogens with one attached hydrogen (secondary N) is 1. The fourth-order valence-electron chi connectivity index (χ4n) is 1.79. The topological polar surface area (TPSA) is 34.2 Å². The van der Waals surface area contributed by atoms with E-state index in [0.29, 0.717) is 5.41 Å². The molecule has 1 saturated carbocycles. The molecule has 0 radical (unpaired) electrons. The molecule has 15 heavy (non-hydrogen) atoms. The minimum Gasteiger partial charge on any atom is -0.493 e. The average Bonchev–Trinajstić information content (AvgIpc) is 3.07. The van der Waals surface area contributed by atoms with Crippen molar-refractivity contribution in [1.29, 1.82) is 0 Å². The van der Waals surface area contributed by atoms with Gasteiger partial charge in [-0.25, -0.2) is 4.98 Å². The summed E-state index contributed by atoms with van der Waals surface area (Å²) in [5.41, 5.74) is 0.530. The Bertz CT molecular complexity index is 334. The largest absolute Gasteiger partial charge is 0.493 e. The molecule has 0 bridgehead atoms. The zero-order valence-corrected chi connectivity index (χ0v) is 9.42. The molecule has 2 rings (SSSR count). The summed E-state index contributed by atoms with van der Waals surface area (Å²) in [5, 5.41) is 3.38. The molecule has 3 heteroatoms. The highest BCUT2D eigenvalue weighted by molar-refractivity contribution is 5.49. The zero-order valence-electron chi connectivity index (χ0n) is 9.42. The van der Waals surface area contributed by atoms with Gasteiger partial charge in [0.15, 0.2) is 11.6 Å². The van der Waals surface area contributed by atoms with Crippen LogP contribution in [0.3, 0.4) is 0 Å². The van der Waals surface area contributed by atoms with Crippen LogP contribution in [0.15, 0.2) is 18.3 Å². The first-order valence-corrected chi connectivity index (χ1v) is 5.52. The van der Waals surface area contributed by atoms with E-state index in [1.165, 1.54) is 19.3 Å². The van der Waals surface area contributed by atoms with Crippen LogP contribution < -0.4 is 10.1 Å². The molecule has 3 nitrogen and oxygen atoms in total. The van der Waals surface area contributed by atoms with Gasteiger partial charge in [-0.2, -0.15) is 0 Å². The number of ether oxygens (including phenoxy) is 1. The molecule has 0 unspecified atom stereocenters. The second kappa shape index (κ2) is 4.09. The average molecular weight is 206 g/mol. The lowest BCUT2D eigenvalue weighted by Crippen LogP contribution is -2.15. The number of hydrogen-bond acceptors (Lipinski definition) is 3. The monoisotopic (exact) mass is 206 g/mol. The van der Waals surface area contributed by atoms with Crippen LogP contribution in [0.5, 0.6) is 5.75 Å². The van der Waals surface area contributed by atoms with Crippen molar-refractivity contribution in [3.05, 3.63) is 18.3 Å². The molecule has 0 atom stereocenters. The highest BCUT2D eigenvalue weighted by Crippen LogP contribution is 2.48. The molecule has 1 aliphatic carbocycles. The lowest BCUT2D eigenvalue weighted by molar-refractivity contribution is 0.414. The summed E-state index contributed by atoms with van der Waals surface area (Å²) in [5.74, 6) is 1.68. The van der Waals surface area contributed by atoms with Gasteiger partial charge in [-0.3, -0.25) is 0 Å². The van der Waals surface area contributed by atoms with Gasteiger partial charge >= 0.3 is 0 Å². The number of aromatic nitrogens is 1. The summed E-state index contributed by atoms with van der Waals surface area (Å²) in [6, 6.07) is 3.82. The number of nitrogens with zero attached hydrogens (tertiary/aromatic N) is 1. The predicted molar refractivity (Wildman–Crippen MR) is 61.2 cm³/mol. The number of methoxy groups -OCH3 is 1. The normalized spacial score (nSPS) is 17.2. The van der Waals surface area contributed by atoms with E-state index < -0.39 is 0 Å². The molecule has 1 N–H and O–H groups in total. The Morgan fingerprint density at radius 1 is 1.53 bits per heavy atom. The van der Waals surface area contributed by atoms with Crippen LogP contribution in [0.4, 0.5) is 5.82 Å². The van der Waals surface area contributed by atoms with E-state index in [0.717, 1.165) is 18.1 Å². The van der Waals surface area contributed by atoms with E-state index in [2.05, 4.69) is 17.2 Å². The SMILES string of the molecule is CCC1(CNc2ncccc2OC)CC1. The molecule has 0 amide bonds. The maximum atomic E-state index is 5.24. The van der Waals surface area contributed by atoms with Gasteiger partial charge in [-0.1, -0.05) is 6.92 Å². The molecule has 0 spiro atoms. The van der Waals surface area contributed by atoms with E-state index in [9.17, 15) is 0 Å². The number of anilines is 1. The van der Waals surface area contributed by atoms with Crippen molar-refractivity contribution >= 4 is 5.82 Å². The van der Waals surface area contributed by atoms with E-state index in [1.54, 1.807) is 13.3 Å². The Morgan fingerprint density at radius 2 is 2.33 bits per heavy atom. The third-order valence-electron chi connectivity index (χ3n) is 3.33. The first-order chi connectivity index (χ1) is 7.29. The van der Waals surface area contributed by atoms with Gasteiger partial charge in [0, 0.05) is 12.7 Å². The maximum absolute atomic E-state index is 5.24. The lowest BCUT2D eigenvalue weighted by atomic mass is 10.0. The van der Waals surface area contributed by atoms with Crippen molar-refractivity contribution in [1.82, 2.24) is 4.98 Å². The van der Waals surface area contributed by atoms with Gasteiger partial charge in [0.2, 0.25) is 0 Å². The quantitative estimate of drug-likeness (QED) is 0.804. The highest BCUT2D eigenvalue weighted by Gasteiger charge is 2.40. The van der Waals surface area contributed by atoms with Gasteiger partial charge in [-0.05, 0) is 36.8 Å². The van der Waals surface area contributed by atoms with Crippen LogP contribution in [0.25, 0.3) is 0 Å². The third-order valence-corrected chi connectivity index (χ3v) is 3.33. The standard InChI is InChI=1S/C12H18N2O/c1-3-12(6-7-12)9-14-11-10(15-2)5-4-8-13-11/h4-5,8H,3,6-7,9H2,1-2H3,(H,13,14). The summed E-state index contributed by atoms with van der Waals surface area (Å²) in [7, 11) is 1.68. The fraction of sp³-hybridized carbons (Fsp3) is 0.583. The van der Waals surface area contributed by atoms with Crippen LogP contribution in [0, 0.1) is 5.41 Å². The Kier molecular flexibility index (Phi) is 2.80. The van der Waals surface area contributed by atoms with Gasteiger partial charge < -0.3 is 10.1 Å². The van der Waals surface area contributed by atoms with E-state index >= 15 is 0 Å². The van der Waals surface area contributed by atoms with Crippen molar-refractivity contribution in [2.75, 3.05) is 19.0 Å². The Balaban J connectivity index is 1.98. The smallest absolute Gasteiger partial charge is 0.168 e. The van der Waals surface area contributed by atoms with E-state index in [4.69, 9.17) is 4.74 Å². The molecule has 1 heterocycles. The maximum Gasteiger partial charge on any atom is 0.168 e. The molecular weight excluding hydrogens is 188 g/mol. The molecule has 0 aromatic carbocycles. The predicted octanol–water partition coefficient (Wildman–Crippen LogP) is 2.69. The summed E-state index contributed by atoms with van der Waals surface area (Å²) in [6.07, 6.45) is 5.71. The number of rotatable bonds is 5. The van der Waals surface area contributed by atoms with Gasteiger partial charge in [0.25, 0.3) is 0 Å². The number of pyridine rings is 1. The Hall–Kier alpha value is -1.25. The third kappa shape index (κ3) is 2.22. The summed E-state index contributed by atoms with van der Waals surface area (Å²) < 4.78 is 5.24. The van der Waals surface area contributed by atoms with Crippen LogP contribution in [0.2, 0.25) is 0 Å². The van der Waals surface area contributed by atoms with Crippen molar-refractivity contribution < 1.29 is 4.74 Å². The van der Waals surface area contributed by atoms with Crippen molar-refractivity contribution in [3.63, 3.8) is 0 Å². The minimum atomic E-state index is 0.530. The Labute approximate surface area is 90.9 Å². The van der Waals surface area contributed by atoms with Crippen molar-refractivity contribution in [2.45, 2.75) is 26.2 Å². The molecule has 1 aliphatic rings. The summed E-state index contributed by atoms with van der Waals surface area (Å²) in [6.45, 7) is 3.27.